The van der Waals surface area contributed by atoms with Crippen molar-refractivity contribution in [3.05, 3.63) is 23.9 Å². The third-order valence-electron chi connectivity index (χ3n) is 3.04. The molecule has 0 saturated carbocycles. The molecule has 0 unspecified atom stereocenters. The Balaban J connectivity index is 2.10. The summed E-state index contributed by atoms with van der Waals surface area (Å²) in [5.41, 5.74) is 5.47. The van der Waals surface area contributed by atoms with Crippen LogP contribution in [0.2, 0.25) is 0 Å². The van der Waals surface area contributed by atoms with Gasteiger partial charge in [-0.15, -0.1) is 0 Å². The van der Waals surface area contributed by atoms with E-state index in [1.165, 1.54) is 0 Å². The maximum atomic E-state index is 11.0. The molecule has 0 bridgehead atoms. The Kier molecular flexibility index (Phi) is 3.37. The Labute approximate surface area is 99.6 Å². The number of rotatable bonds is 3. The number of hydrogen-bond acceptors (Lipinski definition) is 4. The molecule has 0 aliphatic carbocycles. The highest BCUT2D eigenvalue weighted by Gasteiger charge is 2.19. The monoisotopic (exact) mass is 233 g/mol. The average Bonchev–Trinajstić information content (AvgIpc) is 2.39. The first-order valence-electron chi connectivity index (χ1n) is 5.68. The maximum absolute atomic E-state index is 11.0. The van der Waals surface area contributed by atoms with Gasteiger partial charge in [0, 0.05) is 19.0 Å². The summed E-state index contributed by atoms with van der Waals surface area (Å²) in [5, 5.41) is 0. The lowest BCUT2D eigenvalue weighted by atomic mass is 9.99. The number of primary amides is 1. The van der Waals surface area contributed by atoms with Gasteiger partial charge in [-0.2, -0.15) is 0 Å². The summed E-state index contributed by atoms with van der Waals surface area (Å²) in [5.74, 6) is 0.394. The molecule has 0 aromatic carbocycles. The molecule has 1 aliphatic rings. The van der Waals surface area contributed by atoms with E-state index in [1.807, 2.05) is 6.07 Å². The minimum absolute atomic E-state index is 0.158. The number of amides is 1. The molecule has 0 spiro atoms. The van der Waals surface area contributed by atoms with E-state index in [1.54, 1.807) is 12.1 Å². The second-order valence-electron chi connectivity index (χ2n) is 4.21. The topological polar surface area (TPSA) is 76.3 Å². The van der Waals surface area contributed by atoms with Gasteiger partial charge in [-0.05, 0) is 25.0 Å². The van der Waals surface area contributed by atoms with Gasteiger partial charge in [0.25, 0.3) is 5.91 Å². The fourth-order valence-corrected chi connectivity index (χ4v) is 2.00. The van der Waals surface area contributed by atoms with Gasteiger partial charge < -0.3 is 15.4 Å². The third kappa shape index (κ3) is 2.61. The summed E-state index contributed by atoms with van der Waals surface area (Å²) < 4.78 is 0. The molecule has 1 aromatic heterocycles. The average molecular weight is 233 g/mol. The molecular formula is C12H15N3O2. The highest BCUT2D eigenvalue weighted by Crippen LogP contribution is 2.20. The van der Waals surface area contributed by atoms with Crippen LogP contribution in [0.3, 0.4) is 0 Å². The highest BCUT2D eigenvalue weighted by atomic mass is 16.1. The second-order valence-corrected chi connectivity index (χ2v) is 4.21. The third-order valence-corrected chi connectivity index (χ3v) is 3.04. The van der Waals surface area contributed by atoms with Gasteiger partial charge in [-0.3, -0.25) is 4.79 Å². The first-order chi connectivity index (χ1) is 8.20. The highest BCUT2D eigenvalue weighted by molar-refractivity contribution is 5.91. The molecular weight excluding hydrogens is 218 g/mol. The summed E-state index contributed by atoms with van der Waals surface area (Å²) in [6, 6.07) is 5.23. The van der Waals surface area contributed by atoms with Crippen molar-refractivity contribution in [1.82, 2.24) is 4.98 Å². The molecule has 1 amide bonds. The van der Waals surface area contributed by atoms with Crippen molar-refractivity contribution in [3.8, 4) is 0 Å². The van der Waals surface area contributed by atoms with Gasteiger partial charge in [0.2, 0.25) is 0 Å². The Morgan fingerprint density at radius 3 is 2.71 bits per heavy atom. The fourth-order valence-electron chi connectivity index (χ4n) is 2.00. The van der Waals surface area contributed by atoms with E-state index >= 15 is 0 Å². The zero-order chi connectivity index (χ0) is 12.3. The zero-order valence-electron chi connectivity index (χ0n) is 9.50. The maximum Gasteiger partial charge on any atom is 0.267 e. The standard InChI is InChI=1S/C12H15N3O2/c13-12(17)10-2-1-3-11(14-10)15-6-4-9(8-16)5-7-15/h1-3,8-9H,4-7H2,(H2,13,17). The van der Waals surface area contributed by atoms with E-state index in [2.05, 4.69) is 9.88 Å². The SMILES string of the molecule is NC(=O)c1cccc(N2CCC(C=O)CC2)n1. The van der Waals surface area contributed by atoms with Gasteiger partial charge in [0.15, 0.2) is 0 Å². The number of carbonyl (C=O) groups is 2. The predicted octanol–water partition coefficient (Wildman–Crippen LogP) is 0.596. The molecule has 1 saturated heterocycles. The summed E-state index contributed by atoms with van der Waals surface area (Å²) in [4.78, 5) is 28.0. The number of aromatic nitrogens is 1. The molecule has 5 heteroatoms. The van der Waals surface area contributed by atoms with Crippen molar-refractivity contribution >= 4 is 18.0 Å². The number of nitrogens with zero attached hydrogens (tertiary/aromatic N) is 2. The Hall–Kier alpha value is -1.91. The molecule has 0 radical (unpaired) electrons. The molecule has 17 heavy (non-hydrogen) atoms. The summed E-state index contributed by atoms with van der Waals surface area (Å²) in [6.45, 7) is 1.58. The van der Waals surface area contributed by atoms with Crippen LogP contribution in [0.4, 0.5) is 5.82 Å². The van der Waals surface area contributed by atoms with Crippen LogP contribution >= 0.6 is 0 Å². The number of pyridine rings is 1. The number of piperidine rings is 1. The van der Waals surface area contributed by atoms with Crippen LogP contribution in [0.25, 0.3) is 0 Å². The van der Waals surface area contributed by atoms with Crippen LogP contribution in [0.5, 0.6) is 0 Å². The molecule has 2 rings (SSSR count). The predicted molar refractivity (Wildman–Crippen MR) is 63.8 cm³/mol. The van der Waals surface area contributed by atoms with E-state index < -0.39 is 5.91 Å². The van der Waals surface area contributed by atoms with E-state index in [-0.39, 0.29) is 11.6 Å². The number of carbonyl (C=O) groups excluding carboxylic acids is 2. The van der Waals surface area contributed by atoms with Crippen molar-refractivity contribution < 1.29 is 9.59 Å². The van der Waals surface area contributed by atoms with Gasteiger partial charge in [-0.1, -0.05) is 6.07 Å². The van der Waals surface area contributed by atoms with Gasteiger partial charge >= 0.3 is 0 Å². The molecule has 1 aliphatic heterocycles. The van der Waals surface area contributed by atoms with Crippen LogP contribution in [0.15, 0.2) is 18.2 Å². The molecule has 2 N–H and O–H groups in total. The Bertz CT molecular complexity index is 426. The largest absolute Gasteiger partial charge is 0.364 e. The lowest BCUT2D eigenvalue weighted by molar-refractivity contribution is -0.111. The fraction of sp³-hybridized carbons (Fsp3) is 0.417. The molecule has 0 atom stereocenters. The van der Waals surface area contributed by atoms with E-state index in [0.29, 0.717) is 0 Å². The van der Waals surface area contributed by atoms with Crippen LogP contribution in [0.1, 0.15) is 23.3 Å². The number of hydrogen-bond donors (Lipinski definition) is 1. The minimum Gasteiger partial charge on any atom is -0.364 e. The van der Waals surface area contributed by atoms with Crippen molar-refractivity contribution in [2.45, 2.75) is 12.8 Å². The first kappa shape index (κ1) is 11.6. The first-order valence-corrected chi connectivity index (χ1v) is 5.68. The smallest absolute Gasteiger partial charge is 0.267 e. The molecule has 90 valence electrons. The minimum atomic E-state index is -0.519. The molecule has 1 fully saturated rings. The van der Waals surface area contributed by atoms with Gasteiger partial charge in [-0.25, -0.2) is 4.98 Å². The van der Waals surface area contributed by atoms with Crippen LogP contribution in [-0.2, 0) is 4.79 Å². The van der Waals surface area contributed by atoms with Crippen molar-refractivity contribution in [1.29, 1.82) is 0 Å². The molecule has 5 nitrogen and oxygen atoms in total. The Morgan fingerprint density at radius 1 is 1.41 bits per heavy atom. The van der Waals surface area contributed by atoms with Crippen molar-refractivity contribution in [3.63, 3.8) is 0 Å². The molecule has 1 aromatic rings. The zero-order valence-corrected chi connectivity index (χ0v) is 9.50. The van der Waals surface area contributed by atoms with Crippen molar-refractivity contribution in [2.75, 3.05) is 18.0 Å². The summed E-state index contributed by atoms with van der Waals surface area (Å²) >= 11 is 0. The second kappa shape index (κ2) is 4.95. The normalized spacial score (nSPS) is 16.8. The number of anilines is 1. The summed E-state index contributed by atoms with van der Waals surface area (Å²) in [7, 11) is 0. The van der Waals surface area contributed by atoms with Crippen LogP contribution in [-0.4, -0.2) is 30.3 Å². The quantitative estimate of drug-likeness (QED) is 0.775. The van der Waals surface area contributed by atoms with Crippen LogP contribution < -0.4 is 10.6 Å². The van der Waals surface area contributed by atoms with Crippen molar-refractivity contribution in [2.24, 2.45) is 11.7 Å². The molecule has 2 heterocycles. The van der Waals surface area contributed by atoms with Crippen LogP contribution in [0, 0.1) is 5.92 Å². The number of nitrogens with two attached hydrogens (primary N) is 1. The van der Waals surface area contributed by atoms with E-state index in [4.69, 9.17) is 5.73 Å². The lowest BCUT2D eigenvalue weighted by Gasteiger charge is -2.30. The van der Waals surface area contributed by atoms with E-state index in [9.17, 15) is 9.59 Å². The van der Waals surface area contributed by atoms with Gasteiger partial charge in [0.1, 0.15) is 17.8 Å². The lowest BCUT2D eigenvalue weighted by Crippen LogP contribution is -2.35. The summed E-state index contributed by atoms with van der Waals surface area (Å²) in [6.07, 6.45) is 2.70. The van der Waals surface area contributed by atoms with Gasteiger partial charge in [0.05, 0.1) is 0 Å². The number of aldehydes is 1. The van der Waals surface area contributed by atoms with E-state index in [0.717, 1.165) is 38.0 Å². The Morgan fingerprint density at radius 2 is 2.12 bits per heavy atom.